The van der Waals surface area contributed by atoms with Gasteiger partial charge in [0, 0.05) is 32.3 Å². The summed E-state index contributed by atoms with van der Waals surface area (Å²) in [6, 6.07) is 50.0. The largest absolute Gasteiger partial charge is 0.456 e. The lowest BCUT2D eigenvalue weighted by Gasteiger charge is -2.15. The van der Waals surface area contributed by atoms with Gasteiger partial charge in [-0.2, -0.15) is 10.5 Å². The highest BCUT2D eigenvalue weighted by molar-refractivity contribution is 6.27. The number of para-hydroxylation sites is 3. The van der Waals surface area contributed by atoms with Crippen LogP contribution in [0.1, 0.15) is 11.1 Å². The van der Waals surface area contributed by atoms with Gasteiger partial charge in [0.25, 0.3) is 0 Å². The van der Waals surface area contributed by atoms with Crippen molar-refractivity contribution in [2.75, 3.05) is 0 Å². The summed E-state index contributed by atoms with van der Waals surface area (Å²) < 4.78 is 10.5. The molecule has 10 rings (SSSR count). The molecule has 0 amide bonds. The average Bonchev–Trinajstić information content (AvgIpc) is 3.78. The molecule has 0 radical (unpaired) electrons. The van der Waals surface area contributed by atoms with Crippen LogP contribution in [0.5, 0.6) is 0 Å². The Hall–Kier alpha value is -6.82. The molecule has 0 fully saturated rings. The monoisotopic (exact) mass is 598 g/mol. The van der Waals surface area contributed by atoms with Gasteiger partial charge < -0.3 is 13.6 Å². The first-order chi connectivity index (χ1) is 23.2. The highest BCUT2D eigenvalue weighted by atomic mass is 16.3. The maximum absolute atomic E-state index is 10.7. The van der Waals surface area contributed by atoms with Crippen LogP contribution in [0.2, 0.25) is 0 Å². The molecule has 7 aromatic carbocycles. The van der Waals surface area contributed by atoms with Crippen molar-refractivity contribution in [3.05, 3.63) is 145 Å². The van der Waals surface area contributed by atoms with E-state index in [1.165, 1.54) is 0 Å². The van der Waals surface area contributed by atoms with E-state index in [1.54, 1.807) is 0 Å². The van der Waals surface area contributed by atoms with E-state index in [1.807, 2.05) is 66.7 Å². The molecular weight excluding hydrogens is 576 g/mol. The summed E-state index contributed by atoms with van der Waals surface area (Å²) in [7, 11) is 0. The Morgan fingerprint density at radius 3 is 1.64 bits per heavy atom. The number of hydrogen-bond acceptors (Lipinski definition) is 3. The number of furan rings is 1. The number of fused-ring (bicyclic) bond motifs is 12. The SMILES string of the molecule is N#Cc1cc(-n2c3ccccc3c3c4c(ccc32)oc2ccccc24)c(C#N)cc1-n1c2ccccc2c2c3ccccc3ccc21. The normalized spacial score (nSPS) is 11.8. The molecule has 0 saturated carbocycles. The van der Waals surface area contributed by atoms with Gasteiger partial charge in [0.05, 0.1) is 44.6 Å². The molecule has 3 heterocycles. The van der Waals surface area contributed by atoms with E-state index < -0.39 is 0 Å². The first kappa shape index (κ1) is 25.5. The number of nitriles is 2. The Morgan fingerprint density at radius 2 is 0.957 bits per heavy atom. The summed E-state index contributed by atoms with van der Waals surface area (Å²) in [4.78, 5) is 0. The van der Waals surface area contributed by atoms with Crippen LogP contribution in [0.4, 0.5) is 0 Å². The van der Waals surface area contributed by atoms with E-state index in [9.17, 15) is 10.5 Å². The van der Waals surface area contributed by atoms with Gasteiger partial charge in [-0.15, -0.1) is 0 Å². The molecule has 5 nitrogen and oxygen atoms in total. The van der Waals surface area contributed by atoms with Crippen molar-refractivity contribution in [2.45, 2.75) is 0 Å². The lowest BCUT2D eigenvalue weighted by molar-refractivity contribution is 0.669. The molecule has 3 aromatic heterocycles. The van der Waals surface area contributed by atoms with Gasteiger partial charge in [-0.1, -0.05) is 84.9 Å². The molecule has 10 aromatic rings. The van der Waals surface area contributed by atoms with Crippen LogP contribution in [0.25, 0.3) is 87.7 Å². The highest BCUT2D eigenvalue weighted by Crippen LogP contribution is 2.43. The number of nitrogens with zero attached hydrogens (tertiary/aromatic N) is 4. The van der Waals surface area contributed by atoms with Gasteiger partial charge >= 0.3 is 0 Å². The number of rotatable bonds is 2. The fourth-order valence-corrected chi connectivity index (χ4v) is 7.66. The van der Waals surface area contributed by atoms with Gasteiger partial charge in [-0.3, -0.25) is 0 Å². The van der Waals surface area contributed by atoms with E-state index in [4.69, 9.17) is 4.42 Å². The lowest BCUT2D eigenvalue weighted by atomic mass is 10.0. The first-order valence-corrected chi connectivity index (χ1v) is 15.5. The van der Waals surface area contributed by atoms with Crippen molar-refractivity contribution < 1.29 is 4.42 Å². The van der Waals surface area contributed by atoms with Crippen LogP contribution in [0.15, 0.2) is 138 Å². The highest BCUT2D eigenvalue weighted by Gasteiger charge is 2.23. The van der Waals surface area contributed by atoms with E-state index in [-0.39, 0.29) is 0 Å². The van der Waals surface area contributed by atoms with E-state index >= 15 is 0 Å². The average molecular weight is 599 g/mol. The van der Waals surface area contributed by atoms with Crippen LogP contribution in [-0.2, 0) is 0 Å². The lowest BCUT2D eigenvalue weighted by Crippen LogP contribution is -2.04. The van der Waals surface area contributed by atoms with Crippen molar-refractivity contribution in [1.29, 1.82) is 10.5 Å². The molecule has 0 saturated heterocycles. The molecule has 0 aliphatic heterocycles. The number of aromatic nitrogens is 2. The van der Waals surface area contributed by atoms with Gasteiger partial charge in [0.15, 0.2) is 0 Å². The van der Waals surface area contributed by atoms with Gasteiger partial charge in [0.1, 0.15) is 23.3 Å². The summed E-state index contributed by atoms with van der Waals surface area (Å²) in [5.74, 6) is 0. The van der Waals surface area contributed by atoms with Crippen LogP contribution in [0, 0.1) is 22.7 Å². The van der Waals surface area contributed by atoms with Crippen LogP contribution >= 0.6 is 0 Å². The Bertz CT molecular complexity index is 3050. The Morgan fingerprint density at radius 1 is 0.426 bits per heavy atom. The third-order valence-corrected chi connectivity index (χ3v) is 9.58. The van der Waals surface area contributed by atoms with Crippen LogP contribution in [-0.4, -0.2) is 9.13 Å². The second kappa shape index (κ2) is 9.34. The molecule has 0 spiro atoms. The number of benzene rings is 7. The van der Waals surface area contributed by atoms with E-state index in [0.717, 1.165) is 76.3 Å². The minimum absolute atomic E-state index is 0.477. The molecule has 0 aliphatic carbocycles. The molecular formula is C42H22N4O. The smallest absolute Gasteiger partial charge is 0.136 e. The minimum Gasteiger partial charge on any atom is -0.456 e. The molecule has 0 unspecified atom stereocenters. The second-order valence-electron chi connectivity index (χ2n) is 11.9. The zero-order valence-corrected chi connectivity index (χ0v) is 24.9. The summed E-state index contributed by atoms with van der Waals surface area (Å²) >= 11 is 0. The maximum Gasteiger partial charge on any atom is 0.136 e. The first-order valence-electron chi connectivity index (χ1n) is 15.5. The van der Waals surface area contributed by atoms with E-state index in [0.29, 0.717) is 22.5 Å². The predicted octanol–water partition coefficient (Wildman–Crippen LogP) is 10.7. The van der Waals surface area contributed by atoms with Crippen molar-refractivity contribution in [3.63, 3.8) is 0 Å². The Kier molecular flexibility index (Phi) is 5.07. The minimum atomic E-state index is 0.477. The van der Waals surface area contributed by atoms with Crippen molar-refractivity contribution >= 4 is 76.3 Å². The summed E-state index contributed by atoms with van der Waals surface area (Å²) in [5.41, 5.74) is 7.83. The Balaban J connectivity index is 1.32. The van der Waals surface area contributed by atoms with Crippen LogP contribution in [0.3, 0.4) is 0 Å². The standard InChI is InChI=1S/C42H22N4O/c43-23-26-22-37(46-33-15-7-4-12-30(33)41-35(46)19-20-39-42(41)31-13-5-8-16-38(31)47-39)27(24-44)21-36(26)45-32-14-6-3-11-29(32)40-28-10-2-1-9-25(28)17-18-34(40)45/h1-22H. The zero-order valence-electron chi connectivity index (χ0n) is 24.9. The van der Waals surface area contributed by atoms with Gasteiger partial charge in [-0.05, 0) is 59.3 Å². The molecule has 0 aliphatic rings. The van der Waals surface area contributed by atoms with Crippen LogP contribution < -0.4 is 0 Å². The number of hydrogen-bond donors (Lipinski definition) is 0. The van der Waals surface area contributed by atoms with Crippen molar-refractivity contribution in [2.24, 2.45) is 0 Å². The predicted molar refractivity (Wildman–Crippen MR) is 189 cm³/mol. The summed E-state index contributed by atoms with van der Waals surface area (Å²) in [6.07, 6.45) is 0. The zero-order chi connectivity index (χ0) is 31.2. The van der Waals surface area contributed by atoms with Crippen molar-refractivity contribution in [3.8, 4) is 23.5 Å². The molecule has 0 N–H and O–H groups in total. The van der Waals surface area contributed by atoms with Gasteiger partial charge in [0.2, 0.25) is 0 Å². The Labute approximate surface area is 267 Å². The molecule has 216 valence electrons. The topological polar surface area (TPSA) is 70.6 Å². The van der Waals surface area contributed by atoms with Crippen molar-refractivity contribution in [1.82, 2.24) is 9.13 Å². The quantitative estimate of drug-likeness (QED) is 0.199. The molecule has 0 bridgehead atoms. The fraction of sp³-hybridized carbons (Fsp3) is 0. The third kappa shape index (κ3) is 3.35. The summed E-state index contributed by atoms with van der Waals surface area (Å²) in [5, 5.41) is 30.2. The maximum atomic E-state index is 10.7. The third-order valence-electron chi connectivity index (χ3n) is 9.58. The van der Waals surface area contributed by atoms with Gasteiger partial charge in [-0.25, -0.2) is 0 Å². The second-order valence-corrected chi connectivity index (χ2v) is 11.9. The fourth-order valence-electron chi connectivity index (χ4n) is 7.66. The summed E-state index contributed by atoms with van der Waals surface area (Å²) in [6.45, 7) is 0. The molecule has 5 heteroatoms. The molecule has 0 atom stereocenters. The van der Waals surface area contributed by atoms with E-state index in [2.05, 4.69) is 88.0 Å². The molecule has 47 heavy (non-hydrogen) atoms.